The topological polar surface area (TPSA) is 21.7 Å². The van der Waals surface area contributed by atoms with Gasteiger partial charge in [0.1, 0.15) is 0 Å². The van der Waals surface area contributed by atoms with Crippen molar-refractivity contribution in [2.75, 3.05) is 25.7 Å². The number of anilines is 1. The smallest absolute Gasteiger partial charge is 0.161 e. The van der Waals surface area contributed by atoms with E-state index in [-0.39, 0.29) is 0 Å². The largest absolute Gasteiger partial charge is 0.493 e. The van der Waals surface area contributed by atoms with Gasteiger partial charge in [-0.3, -0.25) is 0 Å². The Morgan fingerprint density at radius 3 is 2.36 bits per heavy atom. The lowest BCUT2D eigenvalue weighted by molar-refractivity contribution is 0.353. The molecule has 0 unspecified atom stereocenters. The van der Waals surface area contributed by atoms with Gasteiger partial charge in [0.25, 0.3) is 0 Å². The summed E-state index contributed by atoms with van der Waals surface area (Å²) in [6, 6.07) is 12.9. The minimum Gasteiger partial charge on any atom is -0.493 e. The minimum atomic E-state index is 0.812. The normalized spacial score (nSPS) is 13.7. The molecule has 0 radical (unpaired) electrons. The molecule has 116 valence electrons. The molecule has 3 nitrogen and oxygen atoms in total. The second-order valence-corrected chi connectivity index (χ2v) is 5.63. The van der Waals surface area contributed by atoms with E-state index in [1.54, 1.807) is 14.2 Å². The van der Waals surface area contributed by atoms with E-state index in [0.717, 1.165) is 37.4 Å². The summed E-state index contributed by atoms with van der Waals surface area (Å²) in [4.78, 5) is 2.47. The molecule has 0 saturated carbocycles. The molecule has 0 saturated heterocycles. The Morgan fingerprint density at radius 1 is 1.00 bits per heavy atom. The van der Waals surface area contributed by atoms with Crippen molar-refractivity contribution in [1.29, 1.82) is 0 Å². The summed E-state index contributed by atoms with van der Waals surface area (Å²) in [5, 5.41) is 0. The van der Waals surface area contributed by atoms with Crippen molar-refractivity contribution in [2.45, 2.75) is 26.3 Å². The molecule has 0 amide bonds. The fraction of sp³-hybridized carbons (Fsp3) is 0.368. The van der Waals surface area contributed by atoms with Gasteiger partial charge in [-0.15, -0.1) is 0 Å². The zero-order chi connectivity index (χ0) is 15.5. The summed E-state index contributed by atoms with van der Waals surface area (Å²) < 4.78 is 10.9. The van der Waals surface area contributed by atoms with Crippen LogP contribution in [-0.2, 0) is 19.4 Å². The third-order valence-corrected chi connectivity index (χ3v) is 4.43. The van der Waals surface area contributed by atoms with Crippen molar-refractivity contribution >= 4 is 5.69 Å². The van der Waals surface area contributed by atoms with Gasteiger partial charge < -0.3 is 14.4 Å². The van der Waals surface area contributed by atoms with Gasteiger partial charge in [0.05, 0.1) is 14.2 Å². The number of hydrogen-bond acceptors (Lipinski definition) is 3. The maximum absolute atomic E-state index is 5.44. The van der Waals surface area contributed by atoms with E-state index >= 15 is 0 Å². The molecule has 0 aromatic heterocycles. The van der Waals surface area contributed by atoms with Crippen LogP contribution >= 0.6 is 0 Å². The van der Waals surface area contributed by atoms with Gasteiger partial charge in [-0.05, 0) is 47.7 Å². The molecule has 22 heavy (non-hydrogen) atoms. The number of para-hydroxylation sites is 1. The maximum Gasteiger partial charge on any atom is 0.161 e. The van der Waals surface area contributed by atoms with Crippen LogP contribution in [0.3, 0.4) is 0 Å². The van der Waals surface area contributed by atoms with Crippen molar-refractivity contribution in [1.82, 2.24) is 0 Å². The SMILES string of the molecule is CCc1ccccc1N1CCc2cc(OC)c(OC)cc2C1. The van der Waals surface area contributed by atoms with Gasteiger partial charge in [-0.2, -0.15) is 0 Å². The van der Waals surface area contributed by atoms with Crippen molar-refractivity contribution in [3.8, 4) is 11.5 Å². The van der Waals surface area contributed by atoms with Crippen LogP contribution in [0, 0.1) is 0 Å². The second kappa shape index (κ2) is 6.30. The van der Waals surface area contributed by atoms with Crippen molar-refractivity contribution < 1.29 is 9.47 Å². The number of ether oxygens (including phenoxy) is 2. The van der Waals surface area contributed by atoms with Crippen LogP contribution in [0.5, 0.6) is 11.5 Å². The molecule has 0 bridgehead atoms. The molecule has 0 N–H and O–H groups in total. The molecular weight excluding hydrogens is 274 g/mol. The number of fused-ring (bicyclic) bond motifs is 1. The lowest BCUT2D eigenvalue weighted by Gasteiger charge is -2.32. The van der Waals surface area contributed by atoms with Crippen molar-refractivity contribution in [2.24, 2.45) is 0 Å². The number of aryl methyl sites for hydroxylation is 1. The Kier molecular flexibility index (Phi) is 4.23. The first-order valence-electron chi connectivity index (χ1n) is 7.83. The second-order valence-electron chi connectivity index (χ2n) is 5.63. The Labute approximate surface area is 132 Å². The predicted molar refractivity (Wildman–Crippen MR) is 90.1 cm³/mol. The van der Waals surface area contributed by atoms with Crippen LogP contribution in [0.25, 0.3) is 0 Å². The zero-order valence-electron chi connectivity index (χ0n) is 13.6. The van der Waals surface area contributed by atoms with E-state index in [0.29, 0.717) is 0 Å². The van der Waals surface area contributed by atoms with E-state index in [9.17, 15) is 0 Å². The first kappa shape index (κ1) is 14.8. The molecule has 3 heteroatoms. The van der Waals surface area contributed by atoms with E-state index in [1.165, 1.54) is 22.4 Å². The molecule has 2 aromatic carbocycles. The van der Waals surface area contributed by atoms with Crippen LogP contribution in [0.15, 0.2) is 36.4 Å². The van der Waals surface area contributed by atoms with Crippen LogP contribution in [0.1, 0.15) is 23.6 Å². The summed E-state index contributed by atoms with van der Waals surface area (Å²) in [7, 11) is 3.38. The molecular formula is C19H23NO2. The van der Waals surface area contributed by atoms with Gasteiger partial charge in [0, 0.05) is 18.8 Å². The van der Waals surface area contributed by atoms with E-state index in [2.05, 4.69) is 48.2 Å². The third-order valence-electron chi connectivity index (χ3n) is 4.43. The molecule has 1 heterocycles. The van der Waals surface area contributed by atoms with Crippen LogP contribution in [0.4, 0.5) is 5.69 Å². The quantitative estimate of drug-likeness (QED) is 0.856. The Bertz CT molecular complexity index is 666. The molecule has 1 aliphatic rings. The molecule has 2 aromatic rings. The zero-order valence-corrected chi connectivity index (χ0v) is 13.6. The predicted octanol–water partition coefficient (Wildman–Crippen LogP) is 3.83. The number of methoxy groups -OCH3 is 2. The van der Waals surface area contributed by atoms with E-state index in [4.69, 9.17) is 9.47 Å². The molecule has 1 aliphatic heterocycles. The average Bonchev–Trinajstić information content (AvgIpc) is 2.59. The molecule has 0 fully saturated rings. The lowest BCUT2D eigenvalue weighted by Crippen LogP contribution is -2.31. The highest BCUT2D eigenvalue weighted by molar-refractivity contribution is 5.57. The average molecular weight is 297 g/mol. The fourth-order valence-electron chi connectivity index (χ4n) is 3.21. The van der Waals surface area contributed by atoms with Gasteiger partial charge >= 0.3 is 0 Å². The van der Waals surface area contributed by atoms with E-state index < -0.39 is 0 Å². The van der Waals surface area contributed by atoms with Crippen LogP contribution < -0.4 is 14.4 Å². The highest BCUT2D eigenvalue weighted by Gasteiger charge is 2.20. The summed E-state index contributed by atoms with van der Waals surface area (Å²) in [6.45, 7) is 4.18. The van der Waals surface area contributed by atoms with Crippen molar-refractivity contribution in [3.63, 3.8) is 0 Å². The monoisotopic (exact) mass is 297 g/mol. The summed E-state index contributed by atoms with van der Waals surface area (Å²) >= 11 is 0. The van der Waals surface area contributed by atoms with Crippen molar-refractivity contribution in [3.05, 3.63) is 53.1 Å². The van der Waals surface area contributed by atoms with Gasteiger partial charge in [-0.1, -0.05) is 25.1 Å². The van der Waals surface area contributed by atoms with Gasteiger partial charge in [0.15, 0.2) is 11.5 Å². The molecule has 0 aliphatic carbocycles. The maximum atomic E-state index is 5.44. The molecule has 3 rings (SSSR count). The number of nitrogens with zero attached hydrogens (tertiary/aromatic N) is 1. The molecule has 0 spiro atoms. The Morgan fingerprint density at radius 2 is 1.68 bits per heavy atom. The molecule has 0 atom stereocenters. The number of benzene rings is 2. The summed E-state index contributed by atoms with van der Waals surface area (Å²) in [5.74, 6) is 1.63. The fourth-order valence-corrected chi connectivity index (χ4v) is 3.21. The van der Waals surface area contributed by atoms with Crippen LogP contribution in [-0.4, -0.2) is 20.8 Å². The highest BCUT2D eigenvalue weighted by Crippen LogP contribution is 2.35. The van der Waals surface area contributed by atoms with Gasteiger partial charge in [0.2, 0.25) is 0 Å². The van der Waals surface area contributed by atoms with Gasteiger partial charge in [-0.25, -0.2) is 0 Å². The van der Waals surface area contributed by atoms with E-state index in [1.807, 2.05) is 0 Å². The Balaban J connectivity index is 1.93. The lowest BCUT2D eigenvalue weighted by atomic mass is 9.97. The number of rotatable bonds is 4. The van der Waals surface area contributed by atoms with Crippen LogP contribution in [0.2, 0.25) is 0 Å². The first-order chi connectivity index (χ1) is 10.8. The summed E-state index contributed by atoms with van der Waals surface area (Å²) in [6.07, 6.45) is 2.10. The Hall–Kier alpha value is -2.16. The standard InChI is InChI=1S/C19H23NO2/c1-4-14-7-5-6-8-17(14)20-10-9-15-11-18(21-2)19(22-3)12-16(15)13-20/h5-8,11-12H,4,9-10,13H2,1-3H3. The summed E-state index contributed by atoms with van der Waals surface area (Å²) in [5.41, 5.74) is 5.45. The minimum absolute atomic E-state index is 0.812. The third kappa shape index (κ3) is 2.63. The first-order valence-corrected chi connectivity index (χ1v) is 7.83. The highest BCUT2D eigenvalue weighted by atomic mass is 16.5. The number of hydrogen-bond donors (Lipinski definition) is 0.